The van der Waals surface area contributed by atoms with E-state index in [4.69, 9.17) is 10.5 Å². The fraction of sp³-hybridized carbons (Fsp3) is 0.158. The van der Waals surface area contributed by atoms with E-state index in [9.17, 15) is 9.59 Å². The molecule has 0 saturated carbocycles. The SMILES string of the molecule is COc1ccc(N2C(=O)C[C@H](SC(N)=N/N=C\c3ccc(Br)cc3)C2=O)cc1. The minimum atomic E-state index is -0.624. The molecule has 1 aliphatic rings. The lowest BCUT2D eigenvalue weighted by atomic mass is 10.2. The standard InChI is InChI=1S/C19H17BrN4O3S/c1-27-15-8-6-14(7-9-15)24-17(25)10-16(18(24)26)28-19(21)23-22-11-12-2-4-13(20)5-3-12/h2-9,11,16H,10H2,1H3,(H2,21,23)/b22-11-/t16-/m0/s1. The zero-order chi connectivity index (χ0) is 20.1. The number of hydrogen-bond acceptors (Lipinski definition) is 6. The first-order valence-corrected chi connectivity index (χ1v) is 9.95. The predicted molar refractivity (Wildman–Crippen MR) is 115 cm³/mol. The van der Waals surface area contributed by atoms with Crippen LogP contribution < -0.4 is 15.4 Å². The monoisotopic (exact) mass is 460 g/mol. The Balaban J connectivity index is 1.64. The molecular formula is C19H17BrN4O3S. The molecule has 1 heterocycles. The number of anilines is 1. The lowest BCUT2D eigenvalue weighted by molar-refractivity contribution is -0.121. The molecule has 0 aliphatic carbocycles. The van der Waals surface area contributed by atoms with E-state index in [1.54, 1.807) is 37.6 Å². The zero-order valence-corrected chi connectivity index (χ0v) is 17.3. The molecule has 1 saturated heterocycles. The Labute approximate surface area is 174 Å². The van der Waals surface area contributed by atoms with Crippen LogP contribution in [0.1, 0.15) is 12.0 Å². The fourth-order valence-corrected chi connectivity index (χ4v) is 3.65. The van der Waals surface area contributed by atoms with Gasteiger partial charge in [0.2, 0.25) is 11.8 Å². The molecule has 1 aliphatic heterocycles. The summed E-state index contributed by atoms with van der Waals surface area (Å²) in [5.41, 5.74) is 7.23. The number of imide groups is 1. The summed E-state index contributed by atoms with van der Waals surface area (Å²) in [6, 6.07) is 14.3. The van der Waals surface area contributed by atoms with Crippen LogP contribution in [0.25, 0.3) is 0 Å². The van der Waals surface area contributed by atoms with Crippen LogP contribution in [0.4, 0.5) is 5.69 Å². The number of halogens is 1. The summed E-state index contributed by atoms with van der Waals surface area (Å²) in [6.45, 7) is 0. The van der Waals surface area contributed by atoms with Gasteiger partial charge in [0.05, 0.1) is 19.0 Å². The summed E-state index contributed by atoms with van der Waals surface area (Å²) in [6.07, 6.45) is 1.62. The van der Waals surface area contributed by atoms with Gasteiger partial charge in [0, 0.05) is 10.9 Å². The Morgan fingerprint density at radius 3 is 2.54 bits per heavy atom. The molecule has 2 aromatic carbocycles. The maximum atomic E-state index is 12.6. The number of hydrogen-bond donors (Lipinski definition) is 1. The average Bonchev–Trinajstić information content (AvgIpc) is 2.96. The van der Waals surface area contributed by atoms with E-state index in [1.165, 1.54) is 0 Å². The van der Waals surface area contributed by atoms with Gasteiger partial charge in [0.1, 0.15) is 11.0 Å². The fourth-order valence-electron chi connectivity index (χ4n) is 2.57. The lowest BCUT2D eigenvalue weighted by Crippen LogP contribution is -2.31. The number of amides is 2. The molecule has 144 valence electrons. The highest BCUT2D eigenvalue weighted by Gasteiger charge is 2.40. The van der Waals surface area contributed by atoms with Gasteiger partial charge < -0.3 is 10.5 Å². The van der Waals surface area contributed by atoms with Gasteiger partial charge in [0.15, 0.2) is 5.17 Å². The number of ether oxygens (including phenoxy) is 1. The maximum absolute atomic E-state index is 12.6. The summed E-state index contributed by atoms with van der Waals surface area (Å²) < 4.78 is 6.06. The zero-order valence-electron chi connectivity index (χ0n) is 14.9. The van der Waals surface area contributed by atoms with Crippen molar-refractivity contribution >= 4 is 56.6 Å². The van der Waals surface area contributed by atoms with E-state index in [1.807, 2.05) is 24.3 Å². The van der Waals surface area contributed by atoms with Crippen LogP contribution in [0.2, 0.25) is 0 Å². The second kappa shape index (κ2) is 9.03. The number of methoxy groups -OCH3 is 1. The molecule has 0 unspecified atom stereocenters. The minimum Gasteiger partial charge on any atom is -0.497 e. The summed E-state index contributed by atoms with van der Waals surface area (Å²) in [7, 11) is 1.55. The van der Waals surface area contributed by atoms with Gasteiger partial charge in [-0.3, -0.25) is 9.59 Å². The van der Waals surface area contributed by atoms with Gasteiger partial charge >= 0.3 is 0 Å². The van der Waals surface area contributed by atoms with Crippen LogP contribution in [-0.4, -0.2) is 35.6 Å². The topological polar surface area (TPSA) is 97.3 Å². The number of benzene rings is 2. The second-order valence-electron chi connectivity index (χ2n) is 5.81. The normalized spacial score (nSPS) is 17.6. The van der Waals surface area contributed by atoms with Gasteiger partial charge in [-0.2, -0.15) is 5.10 Å². The van der Waals surface area contributed by atoms with Crippen molar-refractivity contribution in [2.75, 3.05) is 12.0 Å². The molecule has 0 radical (unpaired) electrons. The van der Waals surface area contributed by atoms with Crippen LogP contribution in [0.5, 0.6) is 5.75 Å². The number of nitrogens with two attached hydrogens (primary N) is 1. The molecule has 2 amide bonds. The van der Waals surface area contributed by atoms with Crippen LogP contribution in [0.15, 0.2) is 63.2 Å². The molecule has 28 heavy (non-hydrogen) atoms. The Hall–Kier alpha value is -2.65. The molecule has 0 bridgehead atoms. The van der Waals surface area contributed by atoms with Crippen molar-refractivity contribution in [1.82, 2.24) is 0 Å². The highest BCUT2D eigenvalue weighted by Crippen LogP contribution is 2.30. The van der Waals surface area contributed by atoms with Crippen molar-refractivity contribution < 1.29 is 14.3 Å². The quantitative estimate of drug-likeness (QED) is 0.319. The summed E-state index contributed by atoms with van der Waals surface area (Å²) in [5.74, 6) is 0.0443. The third-order valence-electron chi connectivity index (χ3n) is 3.93. The average molecular weight is 461 g/mol. The molecule has 2 aromatic rings. The molecule has 2 N–H and O–H groups in total. The van der Waals surface area contributed by atoms with Crippen molar-refractivity contribution in [3.63, 3.8) is 0 Å². The highest BCUT2D eigenvalue weighted by molar-refractivity contribution is 9.10. The number of rotatable bonds is 5. The van der Waals surface area contributed by atoms with Crippen molar-refractivity contribution in [2.45, 2.75) is 11.7 Å². The van der Waals surface area contributed by atoms with Crippen LogP contribution in [-0.2, 0) is 9.59 Å². The minimum absolute atomic E-state index is 0.0577. The Morgan fingerprint density at radius 1 is 1.21 bits per heavy atom. The molecule has 3 rings (SSSR count). The third kappa shape index (κ3) is 4.79. The first kappa shape index (κ1) is 20.1. The summed E-state index contributed by atoms with van der Waals surface area (Å²) in [4.78, 5) is 26.1. The molecule has 7 nitrogen and oxygen atoms in total. The van der Waals surface area contributed by atoms with E-state index in [0.717, 1.165) is 26.7 Å². The molecule has 0 aromatic heterocycles. The molecule has 1 atom stereocenters. The van der Waals surface area contributed by atoms with E-state index in [-0.39, 0.29) is 23.4 Å². The smallest absolute Gasteiger partial charge is 0.247 e. The third-order valence-corrected chi connectivity index (χ3v) is 5.44. The van der Waals surface area contributed by atoms with E-state index < -0.39 is 5.25 Å². The lowest BCUT2D eigenvalue weighted by Gasteiger charge is -2.15. The first-order chi connectivity index (χ1) is 13.5. The predicted octanol–water partition coefficient (Wildman–Crippen LogP) is 3.17. The number of carbonyl (C=O) groups excluding carboxylic acids is 2. The van der Waals surface area contributed by atoms with Gasteiger partial charge in [0.25, 0.3) is 0 Å². The van der Waals surface area contributed by atoms with Crippen molar-refractivity contribution in [2.24, 2.45) is 15.9 Å². The van der Waals surface area contributed by atoms with Crippen molar-refractivity contribution in [1.29, 1.82) is 0 Å². The second-order valence-corrected chi connectivity index (χ2v) is 7.95. The largest absolute Gasteiger partial charge is 0.497 e. The van der Waals surface area contributed by atoms with Crippen LogP contribution in [0, 0.1) is 0 Å². The van der Waals surface area contributed by atoms with Gasteiger partial charge in [-0.15, -0.1) is 5.10 Å². The van der Waals surface area contributed by atoms with Crippen LogP contribution in [0.3, 0.4) is 0 Å². The Morgan fingerprint density at radius 2 is 1.89 bits per heavy atom. The Kier molecular flexibility index (Phi) is 6.48. The van der Waals surface area contributed by atoms with Gasteiger partial charge in [-0.25, -0.2) is 4.90 Å². The number of carbonyl (C=O) groups is 2. The molecule has 0 spiro atoms. The summed E-state index contributed by atoms with van der Waals surface area (Å²) >= 11 is 4.39. The molecule has 1 fully saturated rings. The number of amidine groups is 1. The highest BCUT2D eigenvalue weighted by atomic mass is 79.9. The number of thioether (sulfide) groups is 1. The maximum Gasteiger partial charge on any atom is 0.247 e. The number of nitrogens with zero attached hydrogens (tertiary/aromatic N) is 3. The van der Waals surface area contributed by atoms with Crippen LogP contribution >= 0.6 is 27.7 Å². The van der Waals surface area contributed by atoms with Crippen molar-refractivity contribution in [3.8, 4) is 5.75 Å². The molecular weight excluding hydrogens is 444 g/mol. The Bertz CT molecular complexity index is 929. The first-order valence-electron chi connectivity index (χ1n) is 8.27. The van der Waals surface area contributed by atoms with Crippen molar-refractivity contribution in [3.05, 3.63) is 58.6 Å². The van der Waals surface area contributed by atoms with Gasteiger partial charge in [-0.05, 0) is 42.0 Å². The van der Waals surface area contributed by atoms with Gasteiger partial charge in [-0.1, -0.05) is 39.8 Å². The van der Waals surface area contributed by atoms with E-state index in [2.05, 4.69) is 26.1 Å². The van der Waals surface area contributed by atoms with E-state index >= 15 is 0 Å². The summed E-state index contributed by atoms with van der Waals surface area (Å²) in [5, 5.41) is 7.33. The van der Waals surface area contributed by atoms with E-state index in [0.29, 0.717) is 11.4 Å². The molecule has 9 heteroatoms.